The van der Waals surface area contributed by atoms with Gasteiger partial charge in [0.15, 0.2) is 0 Å². The minimum absolute atomic E-state index is 0.131. The van der Waals surface area contributed by atoms with Gasteiger partial charge in [0.05, 0.1) is 29.4 Å². The lowest BCUT2D eigenvalue weighted by Gasteiger charge is -2.29. The number of rotatable bonds is 4. The maximum absolute atomic E-state index is 14.9. The van der Waals surface area contributed by atoms with Gasteiger partial charge in [-0.15, -0.1) is 0 Å². The summed E-state index contributed by atoms with van der Waals surface area (Å²) in [5.41, 5.74) is -0.533. The van der Waals surface area contributed by atoms with Gasteiger partial charge >= 0.3 is 6.18 Å². The largest absolute Gasteiger partial charge is 0.449 e. The van der Waals surface area contributed by atoms with E-state index < -0.39 is 34.7 Å². The first kappa shape index (κ1) is 24.7. The molecule has 198 valence electrons. The Morgan fingerprint density at radius 2 is 1.87 bits per heavy atom. The van der Waals surface area contributed by atoms with E-state index in [1.165, 1.54) is 6.07 Å². The van der Waals surface area contributed by atoms with E-state index in [4.69, 9.17) is 4.74 Å². The zero-order valence-corrected chi connectivity index (χ0v) is 20.2. The van der Waals surface area contributed by atoms with E-state index in [9.17, 15) is 26.7 Å². The van der Waals surface area contributed by atoms with Crippen LogP contribution in [-0.2, 0) is 18.0 Å². The van der Waals surface area contributed by atoms with Crippen LogP contribution in [0.4, 0.5) is 22.0 Å². The molecule has 6 rings (SSSR count). The topological polar surface area (TPSA) is 74.8 Å². The molecule has 4 heterocycles. The molecule has 38 heavy (non-hydrogen) atoms. The van der Waals surface area contributed by atoms with Crippen LogP contribution in [0.3, 0.4) is 0 Å². The van der Waals surface area contributed by atoms with Crippen LogP contribution >= 0.6 is 0 Å². The van der Waals surface area contributed by atoms with Crippen LogP contribution in [-0.4, -0.2) is 30.9 Å². The van der Waals surface area contributed by atoms with Crippen molar-refractivity contribution in [1.29, 1.82) is 0 Å². The molecule has 0 bridgehead atoms. The van der Waals surface area contributed by atoms with Gasteiger partial charge < -0.3 is 4.74 Å². The van der Waals surface area contributed by atoms with Crippen LogP contribution in [0.2, 0.25) is 0 Å². The monoisotopic (exact) mass is 531 g/mol. The summed E-state index contributed by atoms with van der Waals surface area (Å²) in [6, 6.07) is 4.51. The predicted octanol–water partition coefficient (Wildman–Crippen LogP) is 5.46. The van der Waals surface area contributed by atoms with Crippen molar-refractivity contribution in [2.24, 2.45) is 7.05 Å². The first-order valence-corrected chi connectivity index (χ1v) is 12.2. The SMILES string of the molecule is Cn1c(C(F)(F)F)nc2c(-c3ccc(F)cc3F)nc([C@@H]3CCO[C@H](c4cnn(C5CC5)c4)C3)cc2c1=O. The van der Waals surface area contributed by atoms with Gasteiger partial charge in [-0.2, -0.15) is 18.3 Å². The molecule has 2 aliphatic rings. The molecule has 0 amide bonds. The number of ether oxygens (including phenoxy) is 1. The molecule has 1 aromatic carbocycles. The molecule has 1 aliphatic carbocycles. The summed E-state index contributed by atoms with van der Waals surface area (Å²) in [4.78, 5) is 21.4. The van der Waals surface area contributed by atoms with Crippen molar-refractivity contribution in [2.75, 3.05) is 6.61 Å². The van der Waals surface area contributed by atoms with Crippen LogP contribution in [0.5, 0.6) is 0 Å². The third-order valence-electron chi connectivity index (χ3n) is 7.14. The van der Waals surface area contributed by atoms with Crippen molar-refractivity contribution in [1.82, 2.24) is 24.3 Å². The third-order valence-corrected chi connectivity index (χ3v) is 7.14. The van der Waals surface area contributed by atoms with E-state index in [0.717, 1.165) is 37.6 Å². The van der Waals surface area contributed by atoms with Gasteiger partial charge in [0.25, 0.3) is 5.56 Å². The predicted molar refractivity (Wildman–Crippen MR) is 126 cm³/mol. The first-order valence-electron chi connectivity index (χ1n) is 12.2. The molecule has 3 aromatic heterocycles. The number of benzene rings is 1. The molecular weight excluding hydrogens is 509 g/mol. The minimum atomic E-state index is -4.93. The van der Waals surface area contributed by atoms with Crippen LogP contribution in [0.15, 0.2) is 41.5 Å². The Morgan fingerprint density at radius 1 is 1.08 bits per heavy atom. The van der Waals surface area contributed by atoms with Gasteiger partial charge in [-0.3, -0.25) is 19.0 Å². The Labute approximate surface area is 212 Å². The van der Waals surface area contributed by atoms with Crippen molar-refractivity contribution >= 4 is 10.9 Å². The molecule has 0 N–H and O–H groups in total. The molecule has 0 radical (unpaired) electrons. The van der Waals surface area contributed by atoms with E-state index in [2.05, 4.69) is 15.1 Å². The first-order chi connectivity index (χ1) is 18.1. The minimum Gasteiger partial charge on any atom is -0.373 e. The molecular formula is C26H22F5N5O2. The summed E-state index contributed by atoms with van der Waals surface area (Å²) in [6.45, 7) is 0.382. The van der Waals surface area contributed by atoms with Crippen LogP contribution in [0.1, 0.15) is 60.8 Å². The van der Waals surface area contributed by atoms with Crippen LogP contribution in [0, 0.1) is 11.6 Å². The summed E-state index contributed by atoms with van der Waals surface area (Å²) in [6.07, 6.45) is 1.67. The molecule has 0 spiro atoms. The Balaban J connectivity index is 1.48. The average molecular weight is 531 g/mol. The molecule has 12 heteroatoms. The summed E-state index contributed by atoms with van der Waals surface area (Å²) < 4.78 is 77.8. The van der Waals surface area contributed by atoms with Gasteiger partial charge in [-0.05, 0) is 43.9 Å². The van der Waals surface area contributed by atoms with Gasteiger partial charge in [-0.1, -0.05) is 0 Å². The second-order valence-electron chi connectivity index (χ2n) is 9.78. The van der Waals surface area contributed by atoms with Crippen molar-refractivity contribution in [3.05, 3.63) is 75.7 Å². The Bertz CT molecular complexity index is 1610. The van der Waals surface area contributed by atoms with Gasteiger partial charge in [0, 0.05) is 48.7 Å². The number of fused-ring (bicyclic) bond motifs is 1. The highest BCUT2D eigenvalue weighted by atomic mass is 19.4. The number of hydrogen-bond donors (Lipinski definition) is 0. The fourth-order valence-electron chi connectivity index (χ4n) is 4.98. The Morgan fingerprint density at radius 3 is 2.58 bits per heavy atom. The molecule has 1 saturated carbocycles. The number of nitrogens with zero attached hydrogens (tertiary/aromatic N) is 5. The van der Waals surface area contributed by atoms with Crippen molar-refractivity contribution in [3.8, 4) is 11.3 Å². The highest BCUT2D eigenvalue weighted by Gasteiger charge is 2.37. The fraction of sp³-hybridized carbons (Fsp3) is 0.385. The van der Waals surface area contributed by atoms with Crippen LogP contribution < -0.4 is 5.56 Å². The number of halogens is 5. The van der Waals surface area contributed by atoms with Crippen LogP contribution in [0.25, 0.3) is 22.2 Å². The summed E-state index contributed by atoms with van der Waals surface area (Å²) in [5.74, 6) is -3.56. The van der Waals surface area contributed by atoms with E-state index in [1.54, 1.807) is 6.20 Å². The number of aromatic nitrogens is 5. The standard InChI is InChI=1S/C26H22F5N5O2/c1-35-24(37)18-10-20(13-6-7-38-21(8-13)14-11-32-36(12-14)16-3-4-16)33-22(17-5-2-15(27)9-19(17)28)23(18)34-25(35)26(29,30)31/h2,5,9-13,16,21H,3-4,6-8H2,1H3/t13-,21+/m1/s1. The highest BCUT2D eigenvalue weighted by Crippen LogP contribution is 2.41. The number of alkyl halides is 3. The summed E-state index contributed by atoms with van der Waals surface area (Å²) in [7, 11) is 0.984. The Hall–Kier alpha value is -3.67. The zero-order valence-electron chi connectivity index (χ0n) is 20.2. The average Bonchev–Trinajstić information content (AvgIpc) is 3.61. The van der Waals surface area contributed by atoms with E-state index >= 15 is 0 Å². The van der Waals surface area contributed by atoms with Crippen molar-refractivity contribution < 1.29 is 26.7 Å². The smallest absolute Gasteiger partial charge is 0.373 e. The molecule has 4 aromatic rings. The molecule has 7 nitrogen and oxygen atoms in total. The van der Waals surface area contributed by atoms with Gasteiger partial charge in [0.2, 0.25) is 5.82 Å². The molecule has 1 aliphatic heterocycles. The quantitative estimate of drug-likeness (QED) is 0.327. The summed E-state index contributed by atoms with van der Waals surface area (Å²) in [5, 5.41) is 4.29. The fourth-order valence-corrected chi connectivity index (χ4v) is 4.98. The maximum Gasteiger partial charge on any atom is 0.449 e. The second kappa shape index (κ2) is 8.97. The van der Waals surface area contributed by atoms with Gasteiger partial charge in [0.1, 0.15) is 17.2 Å². The van der Waals surface area contributed by atoms with E-state index in [1.807, 2.05) is 10.9 Å². The number of hydrogen-bond acceptors (Lipinski definition) is 5. The lowest BCUT2D eigenvalue weighted by Crippen LogP contribution is -2.28. The molecule has 0 unspecified atom stereocenters. The highest BCUT2D eigenvalue weighted by molar-refractivity contribution is 5.91. The maximum atomic E-state index is 14.9. The van der Waals surface area contributed by atoms with Crippen molar-refractivity contribution in [2.45, 2.75) is 49.9 Å². The van der Waals surface area contributed by atoms with Gasteiger partial charge in [-0.25, -0.2) is 13.8 Å². The van der Waals surface area contributed by atoms with E-state index in [-0.39, 0.29) is 28.7 Å². The second-order valence-corrected chi connectivity index (χ2v) is 9.78. The summed E-state index contributed by atoms with van der Waals surface area (Å²) >= 11 is 0. The van der Waals surface area contributed by atoms with E-state index in [0.29, 0.717) is 41.8 Å². The molecule has 2 atom stereocenters. The third kappa shape index (κ3) is 4.36. The zero-order chi connectivity index (χ0) is 26.8. The van der Waals surface area contributed by atoms with Crippen molar-refractivity contribution in [3.63, 3.8) is 0 Å². The lowest BCUT2D eigenvalue weighted by atomic mass is 9.89. The number of pyridine rings is 1. The normalized spacial score (nSPS) is 20.3. The molecule has 1 saturated heterocycles. The Kier molecular flexibility index (Phi) is 5.82. The lowest BCUT2D eigenvalue weighted by molar-refractivity contribution is -0.147. The molecule has 2 fully saturated rings.